The second-order valence-corrected chi connectivity index (χ2v) is 12.5. The fourth-order valence-corrected chi connectivity index (χ4v) is 6.16. The summed E-state index contributed by atoms with van der Waals surface area (Å²) in [5.41, 5.74) is 3.72. The maximum absolute atomic E-state index is 14.3. The van der Waals surface area contributed by atoms with Gasteiger partial charge in [0, 0.05) is 30.7 Å². The van der Waals surface area contributed by atoms with Gasteiger partial charge in [0.05, 0.1) is 33.2 Å². The van der Waals surface area contributed by atoms with Crippen LogP contribution in [0.1, 0.15) is 70.3 Å². The number of hydrogen-bond donors (Lipinski definition) is 1. The van der Waals surface area contributed by atoms with E-state index in [4.69, 9.17) is 16.6 Å². The van der Waals surface area contributed by atoms with Crippen LogP contribution in [0.15, 0.2) is 48.0 Å². The number of carbonyl (C=O) groups excluding carboxylic acids is 1. The van der Waals surface area contributed by atoms with Gasteiger partial charge in [0.1, 0.15) is 17.9 Å². The minimum atomic E-state index is -0.524. The highest BCUT2D eigenvalue weighted by molar-refractivity contribution is 6.34. The second kappa shape index (κ2) is 12.0. The van der Waals surface area contributed by atoms with E-state index in [1.54, 1.807) is 29.2 Å². The van der Waals surface area contributed by atoms with Crippen LogP contribution in [0, 0.1) is 6.92 Å². The molecule has 0 bridgehead atoms. The van der Waals surface area contributed by atoms with Crippen LogP contribution in [-0.2, 0) is 4.79 Å². The number of phenolic OH excluding ortho intramolecular Hbond substituents is 1. The number of piperazine rings is 1. The number of carbonyl (C=O) groups is 1. The van der Waals surface area contributed by atoms with E-state index in [1.165, 1.54) is 17.0 Å². The van der Waals surface area contributed by atoms with E-state index in [0.29, 0.717) is 63.3 Å². The topological polar surface area (TPSA) is 117 Å². The quantitative estimate of drug-likeness (QED) is 0.272. The number of fused-ring (bicyclic) bond motifs is 1. The lowest BCUT2D eigenvalue weighted by atomic mass is 10.0. The van der Waals surface area contributed by atoms with Gasteiger partial charge < -0.3 is 14.9 Å². The van der Waals surface area contributed by atoms with E-state index in [0.717, 1.165) is 5.56 Å². The summed E-state index contributed by atoms with van der Waals surface area (Å²) in [6.45, 7) is 18.5. The zero-order valence-electron chi connectivity index (χ0n) is 26.2. The summed E-state index contributed by atoms with van der Waals surface area (Å²) in [6, 6.07) is 6.49. The van der Waals surface area contributed by atoms with Crippen molar-refractivity contribution < 1.29 is 9.90 Å². The zero-order valence-corrected chi connectivity index (χ0v) is 26.9. The first-order chi connectivity index (χ1) is 20.8. The molecule has 4 aromatic rings. The Hall–Kier alpha value is -4.31. The zero-order chi connectivity index (χ0) is 32.0. The molecule has 11 heteroatoms. The second-order valence-electron chi connectivity index (χ2n) is 12.1. The fraction of sp³-hybridized carbons (Fsp3) is 0.394. The number of aryl methyl sites for hydroxylation is 1. The van der Waals surface area contributed by atoms with Crippen LogP contribution in [0.5, 0.6) is 5.75 Å². The number of nitrogens with zero attached hydrogens (tertiary/aromatic N) is 7. The third-order valence-corrected chi connectivity index (χ3v) is 8.48. The summed E-state index contributed by atoms with van der Waals surface area (Å²) in [5.74, 6) is 0.326. The highest BCUT2D eigenvalue weighted by atomic mass is 35.5. The molecule has 1 aromatic carbocycles. The van der Waals surface area contributed by atoms with E-state index in [1.807, 2.05) is 53.4 Å². The maximum Gasteiger partial charge on any atom is 0.355 e. The van der Waals surface area contributed by atoms with Crippen LogP contribution in [0.3, 0.4) is 0 Å². The summed E-state index contributed by atoms with van der Waals surface area (Å²) in [5, 5.41) is 11.2. The first-order valence-electron chi connectivity index (χ1n) is 14.8. The molecule has 4 heterocycles. The number of halogens is 1. The van der Waals surface area contributed by atoms with Crippen LogP contribution in [0.25, 0.3) is 28.0 Å². The summed E-state index contributed by atoms with van der Waals surface area (Å²) in [4.78, 5) is 49.6. The van der Waals surface area contributed by atoms with Gasteiger partial charge >= 0.3 is 5.69 Å². The minimum Gasteiger partial charge on any atom is -0.508 e. The van der Waals surface area contributed by atoms with Crippen molar-refractivity contribution in [2.24, 2.45) is 0 Å². The Morgan fingerprint density at radius 3 is 2.32 bits per heavy atom. The standard InChI is InChI=1S/C33H38ClN7O3/c1-9-26(43)39-14-21(8)40(15-20(39)7)31-24-13-25(34)29(23-12-22(42)11-10-19(23)6)37-32(24)41(33(44)38-31)30-27(17(2)3)35-16-36-28(30)18(4)5/h9-13,16-18,20-21,42H,1,14-15H2,2-8H3/t20-,21+/m1/s1. The van der Waals surface area contributed by atoms with E-state index in [9.17, 15) is 14.7 Å². The molecule has 2 atom stereocenters. The van der Waals surface area contributed by atoms with Crippen molar-refractivity contribution >= 4 is 34.4 Å². The van der Waals surface area contributed by atoms with Gasteiger partial charge in [-0.1, -0.05) is 51.9 Å². The van der Waals surface area contributed by atoms with Crippen molar-refractivity contribution in [1.82, 2.24) is 29.4 Å². The van der Waals surface area contributed by atoms with Crippen LogP contribution in [-0.4, -0.2) is 65.6 Å². The first kappa shape index (κ1) is 31.1. The highest BCUT2D eigenvalue weighted by Crippen LogP contribution is 2.38. The van der Waals surface area contributed by atoms with Gasteiger partial charge in [-0.3, -0.25) is 4.79 Å². The highest BCUT2D eigenvalue weighted by Gasteiger charge is 2.34. The molecule has 5 rings (SSSR count). The molecule has 230 valence electrons. The molecule has 0 unspecified atom stereocenters. The molecule has 0 aliphatic carbocycles. The SMILES string of the molecule is C=CC(=O)N1C[C@H](C)N(c2nc(=O)n(-c3c(C(C)C)ncnc3C(C)C)c3nc(-c4cc(O)ccc4C)c(Cl)cc23)C[C@H]1C. The van der Waals surface area contributed by atoms with Crippen molar-refractivity contribution in [3.05, 3.63) is 75.7 Å². The number of aromatic hydroxyl groups is 1. The molecule has 1 fully saturated rings. The molecule has 0 spiro atoms. The molecule has 1 N–H and O–H groups in total. The van der Waals surface area contributed by atoms with Gasteiger partial charge in [0.25, 0.3) is 0 Å². The summed E-state index contributed by atoms with van der Waals surface area (Å²) in [7, 11) is 0. The van der Waals surface area contributed by atoms with Gasteiger partial charge in [-0.2, -0.15) is 4.98 Å². The first-order valence-corrected chi connectivity index (χ1v) is 15.2. The normalized spacial score (nSPS) is 17.1. The smallest absolute Gasteiger partial charge is 0.355 e. The van der Waals surface area contributed by atoms with Gasteiger partial charge in [0.2, 0.25) is 5.91 Å². The maximum atomic E-state index is 14.3. The Balaban J connectivity index is 1.87. The van der Waals surface area contributed by atoms with Crippen LogP contribution in [0.2, 0.25) is 5.02 Å². The Labute approximate surface area is 262 Å². The third-order valence-electron chi connectivity index (χ3n) is 8.19. The lowest BCUT2D eigenvalue weighted by molar-refractivity contribution is -0.128. The third kappa shape index (κ3) is 5.43. The predicted octanol–water partition coefficient (Wildman–Crippen LogP) is 5.76. The number of amides is 1. The lowest BCUT2D eigenvalue weighted by Gasteiger charge is -2.44. The predicted molar refractivity (Wildman–Crippen MR) is 174 cm³/mol. The van der Waals surface area contributed by atoms with Crippen molar-refractivity contribution in [3.63, 3.8) is 0 Å². The number of benzene rings is 1. The van der Waals surface area contributed by atoms with E-state index in [2.05, 4.69) is 21.5 Å². The van der Waals surface area contributed by atoms with Crippen LogP contribution in [0.4, 0.5) is 5.82 Å². The van der Waals surface area contributed by atoms with E-state index in [-0.39, 0.29) is 35.6 Å². The molecular formula is C33H38ClN7O3. The molecule has 44 heavy (non-hydrogen) atoms. The molecule has 10 nitrogen and oxygen atoms in total. The largest absolute Gasteiger partial charge is 0.508 e. The summed E-state index contributed by atoms with van der Waals surface area (Å²) in [6.07, 6.45) is 2.85. The molecule has 1 amide bonds. The number of pyridine rings is 1. The lowest BCUT2D eigenvalue weighted by Crippen LogP contribution is -2.58. The number of hydrogen-bond acceptors (Lipinski definition) is 8. The molecular weight excluding hydrogens is 578 g/mol. The van der Waals surface area contributed by atoms with Crippen molar-refractivity contribution in [2.75, 3.05) is 18.0 Å². The van der Waals surface area contributed by atoms with E-state index < -0.39 is 5.69 Å². The van der Waals surface area contributed by atoms with Crippen molar-refractivity contribution in [3.8, 4) is 22.7 Å². The van der Waals surface area contributed by atoms with Crippen molar-refractivity contribution in [2.45, 2.75) is 72.4 Å². The Kier molecular flexibility index (Phi) is 8.49. The Morgan fingerprint density at radius 2 is 1.70 bits per heavy atom. The molecule has 0 saturated carbocycles. The molecule has 1 aliphatic rings. The van der Waals surface area contributed by atoms with Gasteiger partial charge in [-0.05, 0) is 62.4 Å². The monoisotopic (exact) mass is 615 g/mol. The minimum absolute atomic E-state index is 0.0245. The van der Waals surface area contributed by atoms with Gasteiger partial charge in [-0.15, -0.1) is 0 Å². The number of rotatable bonds is 6. The molecule has 0 radical (unpaired) electrons. The Bertz CT molecular complexity index is 1810. The molecule has 1 saturated heterocycles. The average molecular weight is 616 g/mol. The fourth-order valence-electron chi connectivity index (χ4n) is 5.91. The van der Waals surface area contributed by atoms with Gasteiger partial charge in [0.15, 0.2) is 5.65 Å². The number of anilines is 1. The van der Waals surface area contributed by atoms with E-state index >= 15 is 0 Å². The number of phenols is 1. The molecule has 1 aliphatic heterocycles. The van der Waals surface area contributed by atoms with Crippen LogP contribution < -0.4 is 10.6 Å². The van der Waals surface area contributed by atoms with Crippen LogP contribution >= 0.6 is 11.6 Å². The number of aromatic nitrogens is 5. The summed E-state index contributed by atoms with van der Waals surface area (Å²) >= 11 is 6.96. The van der Waals surface area contributed by atoms with Gasteiger partial charge in [-0.25, -0.2) is 24.3 Å². The average Bonchev–Trinajstić information content (AvgIpc) is 2.98. The van der Waals surface area contributed by atoms with Crippen molar-refractivity contribution in [1.29, 1.82) is 0 Å². The molecule has 3 aromatic heterocycles. The summed E-state index contributed by atoms with van der Waals surface area (Å²) < 4.78 is 1.51. The Morgan fingerprint density at radius 1 is 1.05 bits per heavy atom.